The molecule has 3 aromatic rings. The molecule has 19 heavy (non-hydrogen) atoms. The second-order valence-electron chi connectivity index (χ2n) is 5.03. The van der Waals surface area contributed by atoms with Gasteiger partial charge in [-0.2, -0.15) is 0 Å². The lowest BCUT2D eigenvalue weighted by atomic mass is 10.0. The predicted molar refractivity (Wildman–Crippen MR) is 78.1 cm³/mol. The summed E-state index contributed by atoms with van der Waals surface area (Å²) in [7, 11) is 0. The van der Waals surface area contributed by atoms with Gasteiger partial charge in [-0.05, 0) is 55.7 Å². The molecule has 1 aromatic heterocycles. The molecule has 0 aliphatic rings. The van der Waals surface area contributed by atoms with Crippen LogP contribution >= 0.6 is 0 Å². The van der Waals surface area contributed by atoms with E-state index in [-0.39, 0.29) is 0 Å². The van der Waals surface area contributed by atoms with Crippen molar-refractivity contribution in [2.45, 2.75) is 20.8 Å². The number of rotatable bonds is 1. The normalized spacial score (nSPS) is 11.1. The third-order valence-corrected chi connectivity index (χ3v) is 3.30. The molecule has 1 heterocycles. The zero-order chi connectivity index (χ0) is 13.6. The first kappa shape index (κ1) is 11.8. The summed E-state index contributed by atoms with van der Waals surface area (Å²) < 4.78 is 5.81. The molecule has 3 heteroatoms. The number of benzene rings is 2. The van der Waals surface area contributed by atoms with E-state index >= 15 is 0 Å². The molecule has 0 atom stereocenters. The standard InChI is InChI=1S/C16H16N2O/c1-9-4-5-14-13(8-9)18-16(19-14)12-7-10(2)6-11(3)15(12)17/h4-8H,17H2,1-3H3. The van der Waals surface area contributed by atoms with Gasteiger partial charge in [0.15, 0.2) is 5.58 Å². The highest BCUT2D eigenvalue weighted by molar-refractivity contribution is 5.81. The summed E-state index contributed by atoms with van der Waals surface area (Å²) >= 11 is 0. The quantitative estimate of drug-likeness (QED) is 0.666. The Hall–Kier alpha value is -2.29. The molecule has 0 aliphatic heterocycles. The van der Waals surface area contributed by atoms with Gasteiger partial charge in [-0.1, -0.05) is 12.1 Å². The van der Waals surface area contributed by atoms with Crippen LogP contribution in [0.4, 0.5) is 5.69 Å². The fourth-order valence-corrected chi connectivity index (χ4v) is 2.31. The zero-order valence-corrected chi connectivity index (χ0v) is 11.3. The molecule has 3 nitrogen and oxygen atoms in total. The Morgan fingerprint density at radius 1 is 1.00 bits per heavy atom. The number of anilines is 1. The maximum absolute atomic E-state index is 6.14. The van der Waals surface area contributed by atoms with Crippen molar-refractivity contribution in [3.05, 3.63) is 47.0 Å². The molecule has 2 N–H and O–H groups in total. The average Bonchev–Trinajstić information content (AvgIpc) is 2.76. The molecular formula is C16H16N2O. The van der Waals surface area contributed by atoms with Crippen molar-refractivity contribution >= 4 is 16.8 Å². The Morgan fingerprint density at radius 2 is 1.79 bits per heavy atom. The van der Waals surface area contributed by atoms with Gasteiger partial charge in [-0.25, -0.2) is 4.98 Å². The van der Waals surface area contributed by atoms with Crippen LogP contribution in [0.1, 0.15) is 16.7 Å². The van der Waals surface area contributed by atoms with Crippen LogP contribution in [0, 0.1) is 20.8 Å². The summed E-state index contributed by atoms with van der Waals surface area (Å²) in [6, 6.07) is 10.1. The molecule has 3 rings (SSSR count). The van der Waals surface area contributed by atoms with Crippen LogP contribution in [0.3, 0.4) is 0 Å². The first-order chi connectivity index (χ1) is 9.04. The van der Waals surface area contributed by atoms with E-state index in [1.54, 1.807) is 0 Å². The van der Waals surface area contributed by atoms with Crippen molar-refractivity contribution in [2.75, 3.05) is 5.73 Å². The third kappa shape index (κ3) is 1.97. The van der Waals surface area contributed by atoms with Gasteiger partial charge in [0, 0.05) is 5.69 Å². The molecule has 0 spiro atoms. The highest BCUT2D eigenvalue weighted by atomic mass is 16.3. The second-order valence-corrected chi connectivity index (χ2v) is 5.03. The van der Waals surface area contributed by atoms with Gasteiger partial charge >= 0.3 is 0 Å². The Balaban J connectivity index is 2.24. The summed E-state index contributed by atoms with van der Waals surface area (Å²) in [5.41, 5.74) is 12.8. The molecule has 0 saturated heterocycles. The summed E-state index contributed by atoms with van der Waals surface area (Å²) in [6.45, 7) is 6.08. The van der Waals surface area contributed by atoms with Crippen LogP contribution in [0.2, 0.25) is 0 Å². The van der Waals surface area contributed by atoms with Crippen LogP contribution in [0.25, 0.3) is 22.6 Å². The minimum absolute atomic E-state index is 0.588. The third-order valence-electron chi connectivity index (χ3n) is 3.30. The maximum atomic E-state index is 6.14. The first-order valence-electron chi connectivity index (χ1n) is 6.29. The summed E-state index contributed by atoms with van der Waals surface area (Å²) in [6.07, 6.45) is 0. The van der Waals surface area contributed by atoms with Crippen molar-refractivity contribution in [3.8, 4) is 11.5 Å². The van der Waals surface area contributed by atoms with Crippen molar-refractivity contribution in [3.63, 3.8) is 0 Å². The monoisotopic (exact) mass is 252 g/mol. The fourth-order valence-electron chi connectivity index (χ4n) is 2.31. The lowest BCUT2D eigenvalue weighted by molar-refractivity contribution is 0.620. The Morgan fingerprint density at radius 3 is 2.58 bits per heavy atom. The molecule has 2 aromatic carbocycles. The molecule has 0 radical (unpaired) electrons. The van der Waals surface area contributed by atoms with E-state index in [0.717, 1.165) is 33.5 Å². The molecule has 0 unspecified atom stereocenters. The summed E-state index contributed by atoms with van der Waals surface area (Å²) in [4.78, 5) is 4.54. The van der Waals surface area contributed by atoms with E-state index in [1.807, 2.05) is 45.0 Å². The van der Waals surface area contributed by atoms with Gasteiger partial charge in [-0.15, -0.1) is 0 Å². The maximum Gasteiger partial charge on any atom is 0.229 e. The Labute approximate surface area is 112 Å². The number of hydrogen-bond acceptors (Lipinski definition) is 3. The highest BCUT2D eigenvalue weighted by Gasteiger charge is 2.13. The SMILES string of the molecule is Cc1cc(C)c(N)c(-c2nc3cc(C)ccc3o2)c1. The highest BCUT2D eigenvalue weighted by Crippen LogP contribution is 2.31. The number of nitrogens with two attached hydrogens (primary N) is 1. The summed E-state index contributed by atoms with van der Waals surface area (Å²) in [5, 5.41) is 0. The molecule has 0 aliphatic carbocycles. The van der Waals surface area contributed by atoms with Crippen LogP contribution in [-0.4, -0.2) is 4.98 Å². The van der Waals surface area contributed by atoms with Crippen LogP contribution in [-0.2, 0) is 0 Å². The first-order valence-corrected chi connectivity index (χ1v) is 6.29. The predicted octanol–water partition coefficient (Wildman–Crippen LogP) is 4.00. The minimum Gasteiger partial charge on any atom is -0.436 e. The topological polar surface area (TPSA) is 52.0 Å². The largest absolute Gasteiger partial charge is 0.436 e. The molecule has 0 bridgehead atoms. The van der Waals surface area contributed by atoms with E-state index in [9.17, 15) is 0 Å². The molecule has 0 fully saturated rings. The second kappa shape index (κ2) is 4.12. The van der Waals surface area contributed by atoms with Crippen LogP contribution in [0.5, 0.6) is 0 Å². The number of nitrogen functional groups attached to an aromatic ring is 1. The fraction of sp³-hybridized carbons (Fsp3) is 0.188. The zero-order valence-electron chi connectivity index (χ0n) is 11.3. The number of fused-ring (bicyclic) bond motifs is 1. The van der Waals surface area contributed by atoms with E-state index in [2.05, 4.69) is 11.1 Å². The number of nitrogens with zero attached hydrogens (tertiary/aromatic N) is 1. The molecule has 0 saturated carbocycles. The van der Waals surface area contributed by atoms with Gasteiger partial charge in [0.25, 0.3) is 0 Å². The molecule has 96 valence electrons. The van der Waals surface area contributed by atoms with E-state index in [4.69, 9.17) is 10.2 Å². The van der Waals surface area contributed by atoms with Gasteiger partial charge in [-0.3, -0.25) is 0 Å². The van der Waals surface area contributed by atoms with Gasteiger partial charge < -0.3 is 10.2 Å². The van der Waals surface area contributed by atoms with Crippen molar-refractivity contribution < 1.29 is 4.42 Å². The Kier molecular flexibility index (Phi) is 2.56. The van der Waals surface area contributed by atoms with Crippen molar-refractivity contribution in [2.24, 2.45) is 0 Å². The van der Waals surface area contributed by atoms with Gasteiger partial charge in [0.1, 0.15) is 5.52 Å². The minimum atomic E-state index is 0.588. The lowest BCUT2D eigenvalue weighted by Gasteiger charge is -2.06. The number of aryl methyl sites for hydroxylation is 3. The smallest absolute Gasteiger partial charge is 0.229 e. The lowest BCUT2D eigenvalue weighted by Crippen LogP contribution is -1.95. The van der Waals surface area contributed by atoms with Gasteiger partial charge in [0.05, 0.1) is 5.56 Å². The molecular weight excluding hydrogens is 236 g/mol. The average molecular weight is 252 g/mol. The number of oxazole rings is 1. The van der Waals surface area contributed by atoms with Crippen LogP contribution in [0.15, 0.2) is 34.7 Å². The van der Waals surface area contributed by atoms with Crippen molar-refractivity contribution in [1.82, 2.24) is 4.98 Å². The number of aromatic nitrogens is 1. The van der Waals surface area contributed by atoms with E-state index < -0.39 is 0 Å². The van der Waals surface area contributed by atoms with E-state index in [1.165, 1.54) is 5.56 Å². The van der Waals surface area contributed by atoms with Crippen molar-refractivity contribution in [1.29, 1.82) is 0 Å². The summed E-state index contributed by atoms with van der Waals surface area (Å²) in [5.74, 6) is 0.588. The Bertz CT molecular complexity index is 772. The van der Waals surface area contributed by atoms with Gasteiger partial charge in [0.2, 0.25) is 5.89 Å². The van der Waals surface area contributed by atoms with Crippen LogP contribution < -0.4 is 5.73 Å². The number of hydrogen-bond donors (Lipinski definition) is 1. The molecule has 0 amide bonds. The van der Waals surface area contributed by atoms with E-state index in [0.29, 0.717) is 5.89 Å².